The number of Topliss-reactive ketones (excluding diaryl/α,β-unsaturated/α-hetero) is 1. The number of piperidine rings is 1. The van der Waals surface area contributed by atoms with Crippen LogP contribution in [0.1, 0.15) is 40.7 Å². The summed E-state index contributed by atoms with van der Waals surface area (Å²) in [7, 11) is 0. The molecule has 1 N–H and O–H groups in total. The molecule has 0 amide bonds. The van der Waals surface area contributed by atoms with Crippen LogP contribution in [0.25, 0.3) is 10.8 Å². The highest BCUT2D eigenvalue weighted by Crippen LogP contribution is 2.21. The summed E-state index contributed by atoms with van der Waals surface area (Å²) < 4.78 is 0. The lowest BCUT2D eigenvalue weighted by Gasteiger charge is -2.26. The SMILES string of the molecule is O=C(Cc1cccc(CN2CCCCC2)c1)c1ccc2c(=O)[nH]nc(Cl)c2c1. The highest BCUT2D eigenvalue weighted by Gasteiger charge is 2.13. The van der Waals surface area contributed by atoms with E-state index in [9.17, 15) is 9.59 Å². The first kappa shape index (κ1) is 18.8. The predicted octanol–water partition coefficient (Wildman–Crippen LogP) is 3.99. The number of hydrogen-bond acceptors (Lipinski definition) is 4. The van der Waals surface area contributed by atoms with Crippen LogP contribution in [-0.2, 0) is 13.0 Å². The zero-order valence-corrected chi connectivity index (χ0v) is 16.3. The van der Waals surface area contributed by atoms with Gasteiger partial charge < -0.3 is 0 Å². The van der Waals surface area contributed by atoms with Gasteiger partial charge in [-0.1, -0.05) is 48.4 Å². The van der Waals surface area contributed by atoms with Crippen molar-refractivity contribution >= 4 is 28.2 Å². The van der Waals surface area contributed by atoms with Crippen LogP contribution in [0.2, 0.25) is 5.15 Å². The maximum atomic E-state index is 12.8. The molecule has 144 valence electrons. The van der Waals surface area contributed by atoms with Crippen molar-refractivity contribution in [1.29, 1.82) is 0 Å². The van der Waals surface area contributed by atoms with E-state index in [0.29, 0.717) is 22.8 Å². The van der Waals surface area contributed by atoms with E-state index >= 15 is 0 Å². The average Bonchev–Trinajstić information content (AvgIpc) is 2.71. The van der Waals surface area contributed by atoms with E-state index in [1.54, 1.807) is 18.2 Å². The Morgan fingerprint density at radius 3 is 2.64 bits per heavy atom. The Kier molecular flexibility index (Phi) is 5.55. The number of benzene rings is 2. The number of hydrogen-bond donors (Lipinski definition) is 1. The van der Waals surface area contributed by atoms with Crippen LogP contribution in [0.5, 0.6) is 0 Å². The Hall–Kier alpha value is -2.50. The van der Waals surface area contributed by atoms with E-state index in [-0.39, 0.29) is 16.5 Å². The zero-order chi connectivity index (χ0) is 19.5. The van der Waals surface area contributed by atoms with Gasteiger partial charge in [-0.2, -0.15) is 5.10 Å². The molecule has 1 aromatic heterocycles. The van der Waals surface area contributed by atoms with Gasteiger partial charge >= 0.3 is 0 Å². The molecule has 6 heteroatoms. The Morgan fingerprint density at radius 2 is 1.82 bits per heavy atom. The number of carbonyl (C=O) groups excluding carboxylic acids is 1. The molecule has 1 fully saturated rings. The summed E-state index contributed by atoms with van der Waals surface area (Å²) in [6.07, 6.45) is 4.16. The molecule has 0 atom stereocenters. The molecule has 3 aromatic rings. The van der Waals surface area contributed by atoms with Gasteiger partial charge in [-0.05, 0) is 49.2 Å². The minimum Gasteiger partial charge on any atom is -0.299 e. The number of nitrogens with one attached hydrogen (secondary N) is 1. The average molecular weight is 396 g/mol. The first-order valence-corrected chi connectivity index (χ1v) is 9.99. The molecule has 0 saturated carbocycles. The van der Waals surface area contributed by atoms with E-state index in [0.717, 1.165) is 25.2 Å². The van der Waals surface area contributed by atoms with E-state index in [1.165, 1.54) is 24.8 Å². The second-order valence-electron chi connectivity index (χ2n) is 7.36. The summed E-state index contributed by atoms with van der Waals surface area (Å²) in [4.78, 5) is 27.1. The predicted molar refractivity (Wildman–Crippen MR) is 111 cm³/mol. The molecule has 0 aliphatic carbocycles. The van der Waals surface area contributed by atoms with Crippen molar-refractivity contribution in [2.45, 2.75) is 32.2 Å². The first-order chi connectivity index (χ1) is 13.6. The number of likely N-dealkylation sites (tertiary alicyclic amines) is 1. The first-order valence-electron chi connectivity index (χ1n) is 9.61. The molecule has 28 heavy (non-hydrogen) atoms. The molecule has 0 unspecified atom stereocenters. The maximum absolute atomic E-state index is 12.8. The minimum absolute atomic E-state index is 0.00614. The van der Waals surface area contributed by atoms with E-state index in [2.05, 4.69) is 27.2 Å². The third-order valence-electron chi connectivity index (χ3n) is 5.27. The molecule has 1 aliphatic heterocycles. The van der Waals surface area contributed by atoms with E-state index < -0.39 is 0 Å². The van der Waals surface area contributed by atoms with E-state index in [1.807, 2.05) is 12.1 Å². The Balaban J connectivity index is 1.52. The number of H-pyrrole nitrogens is 1. The van der Waals surface area contributed by atoms with Gasteiger partial charge in [0.25, 0.3) is 5.56 Å². The molecule has 2 aromatic carbocycles. The summed E-state index contributed by atoms with van der Waals surface area (Å²) in [6, 6.07) is 13.2. The van der Waals surface area contributed by atoms with Crippen molar-refractivity contribution in [3.63, 3.8) is 0 Å². The largest absolute Gasteiger partial charge is 0.299 e. The number of rotatable bonds is 5. The van der Waals surface area contributed by atoms with Gasteiger partial charge in [0.05, 0.1) is 5.39 Å². The minimum atomic E-state index is -0.316. The third kappa shape index (κ3) is 4.16. The molecule has 1 saturated heterocycles. The van der Waals surface area contributed by atoms with Crippen LogP contribution in [0, 0.1) is 0 Å². The molecule has 5 nitrogen and oxygen atoms in total. The summed E-state index contributed by atoms with van der Waals surface area (Å²) >= 11 is 6.08. The van der Waals surface area contributed by atoms with Crippen molar-refractivity contribution in [3.8, 4) is 0 Å². The molecular formula is C22H22ClN3O2. The normalized spacial score (nSPS) is 15.0. The van der Waals surface area contributed by atoms with Gasteiger partial charge in [-0.3, -0.25) is 14.5 Å². The lowest BCUT2D eigenvalue weighted by molar-refractivity contribution is 0.0993. The Labute approximate surface area is 168 Å². The second-order valence-corrected chi connectivity index (χ2v) is 7.72. The highest BCUT2D eigenvalue weighted by molar-refractivity contribution is 6.34. The lowest BCUT2D eigenvalue weighted by atomic mass is 9.99. The van der Waals surface area contributed by atoms with Crippen LogP contribution in [0.3, 0.4) is 0 Å². The van der Waals surface area contributed by atoms with Crippen molar-refractivity contribution in [3.05, 3.63) is 74.7 Å². The molecule has 0 radical (unpaired) electrons. The maximum Gasteiger partial charge on any atom is 0.272 e. The molecule has 1 aliphatic rings. The van der Waals surface area contributed by atoms with Gasteiger partial charge in [0.15, 0.2) is 10.9 Å². The van der Waals surface area contributed by atoms with Crippen LogP contribution in [0.15, 0.2) is 47.3 Å². The van der Waals surface area contributed by atoms with Crippen LogP contribution in [-0.4, -0.2) is 34.0 Å². The highest BCUT2D eigenvalue weighted by atomic mass is 35.5. The fraction of sp³-hybridized carbons (Fsp3) is 0.318. The molecule has 4 rings (SSSR count). The van der Waals surface area contributed by atoms with Crippen LogP contribution >= 0.6 is 11.6 Å². The van der Waals surface area contributed by atoms with Gasteiger partial charge in [0.1, 0.15) is 0 Å². The fourth-order valence-corrected chi connectivity index (χ4v) is 4.01. The summed E-state index contributed by atoms with van der Waals surface area (Å²) in [5, 5.41) is 7.23. The Bertz CT molecular complexity index is 1070. The van der Waals surface area contributed by atoms with Gasteiger partial charge in [-0.15, -0.1) is 0 Å². The quantitative estimate of drug-likeness (QED) is 0.663. The monoisotopic (exact) mass is 395 g/mol. The van der Waals surface area contributed by atoms with Gasteiger partial charge in [0.2, 0.25) is 0 Å². The number of nitrogens with zero attached hydrogens (tertiary/aromatic N) is 2. The van der Waals surface area contributed by atoms with Crippen molar-refractivity contribution < 1.29 is 4.79 Å². The lowest BCUT2D eigenvalue weighted by Crippen LogP contribution is -2.29. The smallest absolute Gasteiger partial charge is 0.272 e. The molecule has 0 spiro atoms. The number of halogens is 1. The Morgan fingerprint density at radius 1 is 1.04 bits per heavy atom. The summed E-state index contributed by atoms with van der Waals surface area (Å²) in [5.74, 6) is -0.00614. The number of ketones is 1. The fourth-order valence-electron chi connectivity index (χ4n) is 3.81. The number of fused-ring (bicyclic) bond motifs is 1. The summed E-state index contributed by atoms with van der Waals surface area (Å²) in [5.41, 5.74) is 2.45. The van der Waals surface area contributed by atoms with Gasteiger partial charge in [0, 0.05) is 23.9 Å². The van der Waals surface area contributed by atoms with Crippen LogP contribution < -0.4 is 5.56 Å². The number of carbonyl (C=O) groups is 1. The summed E-state index contributed by atoms with van der Waals surface area (Å²) in [6.45, 7) is 3.23. The molecule has 0 bridgehead atoms. The molecular weight excluding hydrogens is 374 g/mol. The number of aromatic amines is 1. The van der Waals surface area contributed by atoms with Crippen molar-refractivity contribution in [1.82, 2.24) is 15.1 Å². The molecule has 2 heterocycles. The van der Waals surface area contributed by atoms with Crippen molar-refractivity contribution in [2.75, 3.05) is 13.1 Å². The second kappa shape index (κ2) is 8.25. The zero-order valence-electron chi connectivity index (χ0n) is 15.6. The standard InChI is InChI=1S/C22H22ClN3O2/c23-21-19-13-17(7-8-18(19)22(28)25-24-21)20(27)12-15-5-4-6-16(11-15)14-26-9-2-1-3-10-26/h4-8,11,13H,1-3,9-10,12,14H2,(H,25,28). The van der Waals surface area contributed by atoms with E-state index in [4.69, 9.17) is 11.6 Å². The van der Waals surface area contributed by atoms with Gasteiger partial charge in [-0.25, -0.2) is 5.10 Å². The third-order valence-corrected chi connectivity index (χ3v) is 5.56. The topological polar surface area (TPSA) is 66.1 Å². The number of aromatic nitrogens is 2. The van der Waals surface area contributed by atoms with Crippen LogP contribution in [0.4, 0.5) is 0 Å². The van der Waals surface area contributed by atoms with Crippen molar-refractivity contribution in [2.24, 2.45) is 0 Å².